The van der Waals surface area contributed by atoms with Crippen LogP contribution in [-0.4, -0.2) is 0 Å². The highest BCUT2D eigenvalue weighted by Gasteiger charge is 2.46. The van der Waals surface area contributed by atoms with Crippen molar-refractivity contribution in [3.8, 4) is 0 Å². The smallest absolute Gasteiger partial charge is 0.0195 e. The van der Waals surface area contributed by atoms with Crippen LogP contribution >= 0.6 is 0 Å². The van der Waals surface area contributed by atoms with Gasteiger partial charge >= 0.3 is 0 Å². The Kier molecular flexibility index (Phi) is 4.89. The van der Waals surface area contributed by atoms with E-state index >= 15 is 0 Å². The Morgan fingerprint density at radius 1 is 0.500 bits per heavy atom. The van der Waals surface area contributed by atoms with E-state index in [-0.39, 0.29) is 0 Å². The van der Waals surface area contributed by atoms with Crippen molar-refractivity contribution >= 4 is 0 Å². The lowest BCUT2D eigenvalue weighted by Gasteiger charge is -2.52. The van der Waals surface area contributed by atoms with Gasteiger partial charge in [0.15, 0.2) is 0 Å². The molecule has 0 heterocycles. The summed E-state index contributed by atoms with van der Waals surface area (Å²) in [6.45, 7) is 15.0. The van der Waals surface area contributed by atoms with Crippen molar-refractivity contribution in [1.82, 2.24) is 0 Å². The second-order valence-corrected chi connectivity index (χ2v) is 12.6. The molecular formula is C26H44. The van der Waals surface area contributed by atoms with Gasteiger partial charge in [-0.05, 0) is 97.7 Å². The van der Waals surface area contributed by atoms with Crippen molar-refractivity contribution in [2.45, 2.75) is 106 Å². The second-order valence-electron chi connectivity index (χ2n) is 12.6. The Bertz CT molecular complexity index is 470. The van der Waals surface area contributed by atoms with Gasteiger partial charge in [0.05, 0.1) is 0 Å². The summed E-state index contributed by atoms with van der Waals surface area (Å²) in [5.41, 5.74) is 5.12. The summed E-state index contributed by atoms with van der Waals surface area (Å²) in [7, 11) is 0. The first kappa shape index (κ1) is 19.1. The lowest BCUT2D eigenvalue weighted by molar-refractivity contribution is 0.0900. The lowest BCUT2D eigenvalue weighted by Crippen LogP contribution is -2.41. The van der Waals surface area contributed by atoms with Crippen LogP contribution in [0.5, 0.6) is 0 Å². The summed E-state index contributed by atoms with van der Waals surface area (Å²) < 4.78 is 0. The van der Waals surface area contributed by atoms with E-state index in [0.29, 0.717) is 10.8 Å². The van der Waals surface area contributed by atoms with Gasteiger partial charge in [-0.3, -0.25) is 0 Å². The molecule has 0 saturated heterocycles. The van der Waals surface area contributed by atoms with Crippen molar-refractivity contribution in [1.29, 1.82) is 0 Å². The molecule has 6 atom stereocenters. The molecule has 0 aromatic carbocycles. The van der Waals surface area contributed by atoms with E-state index in [1.807, 2.05) is 0 Å². The Morgan fingerprint density at radius 3 is 1.00 bits per heavy atom. The van der Waals surface area contributed by atoms with Crippen LogP contribution in [0.4, 0.5) is 0 Å². The molecule has 2 unspecified atom stereocenters. The van der Waals surface area contributed by atoms with Crippen LogP contribution < -0.4 is 0 Å². The largest absolute Gasteiger partial charge is 0.0642 e. The maximum Gasteiger partial charge on any atom is -0.0195 e. The van der Waals surface area contributed by atoms with Gasteiger partial charge in [0.2, 0.25) is 0 Å². The molecule has 0 aliphatic heterocycles. The average Bonchev–Trinajstić information content (AvgIpc) is 2.50. The van der Waals surface area contributed by atoms with Crippen LogP contribution in [0.2, 0.25) is 0 Å². The molecule has 4 bridgehead atoms. The minimum atomic E-state index is 0.504. The zero-order valence-electron chi connectivity index (χ0n) is 18.5. The SMILES string of the molecule is CC(C)(C)C1C[C@H]2CCC[C@@H](C1)C2=C1[C@@H]2CCC[C@H]1CC(C(C)(C)C)C2. The third kappa shape index (κ3) is 3.44. The summed E-state index contributed by atoms with van der Waals surface area (Å²) in [5.74, 6) is 5.72. The number of allylic oxidation sites excluding steroid dienone is 2. The zero-order chi connectivity index (χ0) is 18.7. The van der Waals surface area contributed by atoms with Gasteiger partial charge in [0.1, 0.15) is 0 Å². The molecule has 0 aromatic heterocycles. The van der Waals surface area contributed by atoms with Crippen LogP contribution in [0.1, 0.15) is 106 Å². The van der Waals surface area contributed by atoms with Crippen molar-refractivity contribution in [3.63, 3.8) is 0 Å². The maximum absolute atomic E-state index is 2.49. The predicted molar refractivity (Wildman–Crippen MR) is 113 cm³/mol. The fourth-order valence-electron chi connectivity index (χ4n) is 7.41. The molecule has 4 saturated carbocycles. The second kappa shape index (κ2) is 6.66. The van der Waals surface area contributed by atoms with E-state index in [1.54, 1.807) is 0 Å². The Balaban J connectivity index is 1.66. The molecule has 0 amide bonds. The molecule has 26 heavy (non-hydrogen) atoms. The summed E-state index contributed by atoms with van der Waals surface area (Å²) in [6.07, 6.45) is 15.0. The van der Waals surface area contributed by atoms with Crippen LogP contribution in [0.3, 0.4) is 0 Å². The van der Waals surface area contributed by atoms with Gasteiger partial charge in [0.25, 0.3) is 0 Å². The monoisotopic (exact) mass is 356 g/mol. The number of hydrogen-bond acceptors (Lipinski definition) is 0. The van der Waals surface area contributed by atoms with Gasteiger partial charge < -0.3 is 0 Å². The maximum atomic E-state index is 2.49. The van der Waals surface area contributed by atoms with E-state index in [9.17, 15) is 0 Å². The first-order valence-corrected chi connectivity index (χ1v) is 11.9. The van der Waals surface area contributed by atoms with Gasteiger partial charge in [-0.2, -0.15) is 0 Å². The van der Waals surface area contributed by atoms with Gasteiger partial charge in [-0.1, -0.05) is 65.5 Å². The first-order valence-electron chi connectivity index (χ1n) is 11.9. The van der Waals surface area contributed by atoms with Crippen LogP contribution in [-0.2, 0) is 0 Å². The molecule has 0 spiro atoms. The van der Waals surface area contributed by atoms with Gasteiger partial charge in [-0.15, -0.1) is 0 Å². The topological polar surface area (TPSA) is 0 Å². The minimum absolute atomic E-state index is 0.504. The van der Waals surface area contributed by atoms with Gasteiger partial charge in [0, 0.05) is 0 Å². The molecule has 0 aromatic rings. The lowest BCUT2D eigenvalue weighted by atomic mass is 9.53. The standard InChI is InChI=1S/C26H44/c1-25(2,3)21-13-17-9-7-10-18(14-21)23(17)24-19-11-8-12-20(24)16-22(15-19)26(4,5)6/h17-22H,7-16H2,1-6H3/t17-,18+,19-,20+,21?,22?. The summed E-state index contributed by atoms with van der Waals surface area (Å²) >= 11 is 0. The molecule has 4 aliphatic carbocycles. The van der Waals surface area contributed by atoms with Crippen LogP contribution in [0.15, 0.2) is 11.1 Å². The highest BCUT2D eigenvalue weighted by Crippen LogP contribution is 2.58. The molecule has 0 N–H and O–H groups in total. The fraction of sp³-hybridized carbons (Fsp3) is 0.923. The van der Waals surface area contributed by atoms with E-state index in [2.05, 4.69) is 52.7 Å². The van der Waals surface area contributed by atoms with E-state index < -0.39 is 0 Å². The molecule has 0 nitrogen and oxygen atoms in total. The zero-order valence-corrected chi connectivity index (χ0v) is 18.5. The number of hydrogen-bond donors (Lipinski definition) is 0. The third-order valence-corrected chi connectivity index (χ3v) is 9.03. The Hall–Kier alpha value is -0.260. The van der Waals surface area contributed by atoms with Crippen molar-refractivity contribution in [2.24, 2.45) is 46.3 Å². The molecule has 0 heteroatoms. The van der Waals surface area contributed by atoms with E-state index in [4.69, 9.17) is 0 Å². The Morgan fingerprint density at radius 2 is 0.769 bits per heavy atom. The van der Waals surface area contributed by atoms with Crippen molar-refractivity contribution in [2.75, 3.05) is 0 Å². The molecule has 4 fully saturated rings. The summed E-state index contributed by atoms with van der Waals surface area (Å²) in [6, 6.07) is 0. The van der Waals surface area contributed by atoms with Crippen molar-refractivity contribution < 1.29 is 0 Å². The third-order valence-electron chi connectivity index (χ3n) is 9.03. The van der Waals surface area contributed by atoms with Crippen LogP contribution in [0, 0.1) is 46.3 Å². The highest BCUT2D eigenvalue weighted by molar-refractivity contribution is 5.31. The van der Waals surface area contributed by atoms with E-state index in [1.165, 1.54) is 64.2 Å². The molecule has 4 rings (SSSR count). The van der Waals surface area contributed by atoms with Gasteiger partial charge in [-0.25, -0.2) is 0 Å². The molecule has 4 aliphatic rings. The summed E-state index contributed by atoms with van der Waals surface area (Å²) in [5, 5.41) is 0. The summed E-state index contributed by atoms with van der Waals surface area (Å²) in [4.78, 5) is 0. The molecule has 148 valence electrons. The fourth-order valence-corrected chi connectivity index (χ4v) is 7.41. The average molecular weight is 357 g/mol. The molecule has 0 radical (unpaired) electrons. The normalized spacial score (nSPS) is 44.1. The Labute approximate surface area is 163 Å². The predicted octanol–water partition coefficient (Wildman–Crippen LogP) is 8.03. The highest BCUT2D eigenvalue weighted by atomic mass is 14.5. The van der Waals surface area contributed by atoms with Crippen LogP contribution in [0.25, 0.3) is 0 Å². The molecular weight excluding hydrogens is 312 g/mol. The first-order chi connectivity index (χ1) is 12.1. The minimum Gasteiger partial charge on any atom is -0.0642 e. The van der Waals surface area contributed by atoms with E-state index in [0.717, 1.165) is 35.5 Å². The quantitative estimate of drug-likeness (QED) is 0.385. The van der Waals surface area contributed by atoms with Crippen molar-refractivity contribution in [3.05, 3.63) is 11.1 Å². The number of fused-ring (bicyclic) bond motifs is 4. The number of rotatable bonds is 0.